The number of hydrogen-bond donors (Lipinski definition) is 1. The highest BCUT2D eigenvalue weighted by atomic mass is 14.9. The Morgan fingerprint density at radius 1 is 1.31 bits per heavy atom. The van der Waals surface area contributed by atoms with Gasteiger partial charge in [0.2, 0.25) is 0 Å². The fourth-order valence-electron chi connectivity index (χ4n) is 1.71. The van der Waals surface area contributed by atoms with E-state index >= 15 is 0 Å². The molecule has 0 aliphatic rings. The molecule has 0 bridgehead atoms. The van der Waals surface area contributed by atoms with Crippen LogP contribution in [0.15, 0.2) is 36.5 Å². The molecule has 1 aromatic carbocycles. The van der Waals surface area contributed by atoms with E-state index in [1.165, 1.54) is 16.0 Å². The van der Waals surface area contributed by atoms with Crippen LogP contribution < -0.4 is 15.8 Å². The molecule has 0 fully saturated rings. The average Bonchev–Trinajstić information content (AvgIpc) is 2.27. The highest BCUT2D eigenvalue weighted by molar-refractivity contribution is 5.60. The topological polar surface area (TPSA) is 12.0 Å². The van der Waals surface area contributed by atoms with Gasteiger partial charge in [-0.1, -0.05) is 36.9 Å². The number of benzene rings is 1. The highest BCUT2D eigenvalue weighted by Gasteiger charge is 2.00. The van der Waals surface area contributed by atoms with Gasteiger partial charge in [0.1, 0.15) is 0 Å². The van der Waals surface area contributed by atoms with Gasteiger partial charge in [0.05, 0.1) is 0 Å². The van der Waals surface area contributed by atoms with Crippen molar-refractivity contribution in [2.45, 2.75) is 33.7 Å². The molecule has 0 aliphatic heterocycles. The highest BCUT2D eigenvalue weighted by Crippen LogP contribution is 2.02. The SMILES string of the molecule is C=C(NC(C)C)/C(C)=c1\cccc\c1=C\C. The quantitative estimate of drug-likeness (QED) is 0.815. The van der Waals surface area contributed by atoms with Gasteiger partial charge < -0.3 is 5.32 Å². The smallest absolute Gasteiger partial charge is 0.0305 e. The van der Waals surface area contributed by atoms with E-state index in [9.17, 15) is 0 Å². The number of hydrogen-bond acceptors (Lipinski definition) is 1. The van der Waals surface area contributed by atoms with Crippen molar-refractivity contribution in [3.05, 3.63) is 47.0 Å². The minimum Gasteiger partial charge on any atom is -0.383 e. The second-order valence-corrected chi connectivity index (χ2v) is 4.28. The zero-order valence-electron chi connectivity index (χ0n) is 10.7. The fraction of sp³-hybridized carbons (Fsp3) is 0.333. The summed E-state index contributed by atoms with van der Waals surface area (Å²) >= 11 is 0. The summed E-state index contributed by atoms with van der Waals surface area (Å²) in [5, 5.41) is 5.86. The fourth-order valence-corrected chi connectivity index (χ4v) is 1.71. The summed E-state index contributed by atoms with van der Waals surface area (Å²) in [5.41, 5.74) is 2.21. The monoisotopic (exact) mass is 215 g/mol. The molecule has 0 saturated carbocycles. The Kier molecular flexibility index (Phi) is 4.36. The van der Waals surface area contributed by atoms with E-state index < -0.39 is 0 Å². The van der Waals surface area contributed by atoms with Gasteiger partial charge in [0.25, 0.3) is 0 Å². The molecule has 1 rings (SSSR count). The standard InChI is InChI=1S/C15H21N/c1-6-14-9-7-8-10-15(14)12(4)13(5)16-11(2)3/h6-11,16H,5H2,1-4H3/b14-6-,15-12+. The van der Waals surface area contributed by atoms with Crippen LogP contribution in [0.3, 0.4) is 0 Å². The summed E-state index contributed by atoms with van der Waals surface area (Å²) < 4.78 is 0. The van der Waals surface area contributed by atoms with Gasteiger partial charge >= 0.3 is 0 Å². The lowest BCUT2D eigenvalue weighted by atomic mass is 10.1. The third-order valence-electron chi connectivity index (χ3n) is 2.59. The van der Waals surface area contributed by atoms with E-state index in [0.29, 0.717) is 6.04 Å². The molecule has 0 aliphatic carbocycles. The van der Waals surface area contributed by atoms with Crippen LogP contribution in [0.1, 0.15) is 27.7 Å². The summed E-state index contributed by atoms with van der Waals surface area (Å²) in [6, 6.07) is 8.80. The van der Waals surface area contributed by atoms with Crippen LogP contribution >= 0.6 is 0 Å². The van der Waals surface area contributed by atoms with E-state index in [-0.39, 0.29) is 0 Å². The van der Waals surface area contributed by atoms with Gasteiger partial charge in [-0.15, -0.1) is 0 Å². The van der Waals surface area contributed by atoms with E-state index in [0.717, 1.165) is 5.70 Å². The number of allylic oxidation sites excluding steroid dienone is 1. The summed E-state index contributed by atoms with van der Waals surface area (Å²) in [6.45, 7) is 12.5. The summed E-state index contributed by atoms with van der Waals surface area (Å²) in [6.07, 6.45) is 2.13. The number of nitrogens with one attached hydrogen (secondary N) is 1. The van der Waals surface area contributed by atoms with Crippen LogP contribution in [0.4, 0.5) is 0 Å². The molecule has 16 heavy (non-hydrogen) atoms. The first-order chi connectivity index (χ1) is 7.56. The first-order valence-corrected chi connectivity index (χ1v) is 5.74. The zero-order valence-corrected chi connectivity index (χ0v) is 10.7. The molecule has 1 N–H and O–H groups in total. The van der Waals surface area contributed by atoms with Crippen molar-refractivity contribution in [1.82, 2.24) is 5.32 Å². The normalized spacial score (nSPS) is 13.9. The molecule has 0 unspecified atom stereocenters. The van der Waals surface area contributed by atoms with Gasteiger partial charge in [0, 0.05) is 11.7 Å². The van der Waals surface area contributed by atoms with Crippen LogP contribution in [0.5, 0.6) is 0 Å². The van der Waals surface area contributed by atoms with Gasteiger partial charge in [-0.2, -0.15) is 0 Å². The molecule has 1 aromatic rings. The Morgan fingerprint density at radius 2 is 1.94 bits per heavy atom. The van der Waals surface area contributed by atoms with Gasteiger partial charge in [0.15, 0.2) is 0 Å². The van der Waals surface area contributed by atoms with E-state index in [4.69, 9.17) is 0 Å². The van der Waals surface area contributed by atoms with Crippen LogP contribution in [-0.4, -0.2) is 6.04 Å². The Hall–Kier alpha value is -1.50. The van der Waals surface area contributed by atoms with Crippen molar-refractivity contribution < 1.29 is 0 Å². The number of rotatable bonds is 3. The zero-order chi connectivity index (χ0) is 12.1. The minimum atomic E-state index is 0.417. The summed E-state index contributed by atoms with van der Waals surface area (Å²) in [4.78, 5) is 0. The maximum atomic E-state index is 4.08. The summed E-state index contributed by atoms with van der Waals surface area (Å²) in [5.74, 6) is 0. The maximum absolute atomic E-state index is 4.08. The largest absolute Gasteiger partial charge is 0.383 e. The molecular weight excluding hydrogens is 194 g/mol. The minimum absolute atomic E-state index is 0.417. The molecule has 0 radical (unpaired) electrons. The van der Waals surface area contributed by atoms with Crippen molar-refractivity contribution in [2.24, 2.45) is 0 Å². The molecule has 0 atom stereocenters. The van der Waals surface area contributed by atoms with Gasteiger partial charge in [-0.05, 0) is 43.7 Å². The molecule has 0 aromatic heterocycles. The Labute approximate surface area is 98.2 Å². The van der Waals surface area contributed by atoms with Crippen molar-refractivity contribution in [3.63, 3.8) is 0 Å². The van der Waals surface area contributed by atoms with Crippen LogP contribution in [-0.2, 0) is 0 Å². The van der Waals surface area contributed by atoms with Crippen LogP contribution in [0, 0.1) is 0 Å². The Balaban J connectivity index is 3.28. The van der Waals surface area contributed by atoms with E-state index in [1.807, 2.05) is 0 Å². The van der Waals surface area contributed by atoms with Crippen molar-refractivity contribution in [2.75, 3.05) is 0 Å². The molecule has 0 heterocycles. The van der Waals surface area contributed by atoms with Gasteiger partial charge in [-0.25, -0.2) is 0 Å². The second kappa shape index (κ2) is 5.55. The van der Waals surface area contributed by atoms with Crippen molar-refractivity contribution in [3.8, 4) is 0 Å². The summed E-state index contributed by atoms with van der Waals surface area (Å²) in [7, 11) is 0. The molecule has 1 heteroatoms. The van der Waals surface area contributed by atoms with Crippen LogP contribution in [0.2, 0.25) is 0 Å². The maximum Gasteiger partial charge on any atom is 0.0305 e. The van der Waals surface area contributed by atoms with Crippen molar-refractivity contribution in [1.29, 1.82) is 0 Å². The molecule has 1 nitrogen and oxygen atoms in total. The molecule has 0 spiro atoms. The van der Waals surface area contributed by atoms with E-state index in [1.54, 1.807) is 0 Å². The third-order valence-corrected chi connectivity index (χ3v) is 2.59. The predicted octanol–water partition coefficient (Wildman–Crippen LogP) is 2.17. The average molecular weight is 215 g/mol. The second-order valence-electron chi connectivity index (χ2n) is 4.28. The Morgan fingerprint density at radius 3 is 2.50 bits per heavy atom. The molecule has 0 saturated heterocycles. The Bertz CT molecular complexity index is 480. The van der Waals surface area contributed by atoms with Crippen LogP contribution in [0.25, 0.3) is 11.6 Å². The molecular formula is C15H21N. The van der Waals surface area contributed by atoms with Gasteiger partial charge in [-0.3, -0.25) is 0 Å². The lowest BCUT2D eigenvalue weighted by Gasteiger charge is -2.13. The first kappa shape index (κ1) is 12.6. The molecule has 86 valence electrons. The lowest BCUT2D eigenvalue weighted by molar-refractivity contribution is 0.684. The molecule has 0 amide bonds. The third kappa shape index (κ3) is 2.99. The predicted molar refractivity (Wildman–Crippen MR) is 72.3 cm³/mol. The van der Waals surface area contributed by atoms with Crippen molar-refractivity contribution >= 4 is 11.6 Å². The van der Waals surface area contributed by atoms with E-state index in [2.05, 4.69) is 69.9 Å². The first-order valence-electron chi connectivity index (χ1n) is 5.74. The lowest BCUT2D eigenvalue weighted by Crippen LogP contribution is -2.30.